The highest BCUT2D eigenvalue weighted by atomic mass is 16.3. The molecule has 1 fully saturated rings. The molecular weight excluding hydrogens is 230 g/mol. The number of nitrogens with zero attached hydrogens (tertiary/aromatic N) is 3. The minimum Gasteiger partial charge on any atom is -0.386 e. The van der Waals surface area contributed by atoms with Gasteiger partial charge < -0.3 is 14.9 Å². The molecule has 1 N–H and O–H groups in total. The molecule has 1 amide bonds. The van der Waals surface area contributed by atoms with Gasteiger partial charge >= 0.3 is 0 Å². The average Bonchev–Trinajstić information content (AvgIpc) is 2.34. The number of likely N-dealkylation sites (tertiary alicyclic amines) is 1. The van der Waals surface area contributed by atoms with Gasteiger partial charge in [0.1, 0.15) is 5.82 Å². The third-order valence-electron chi connectivity index (χ3n) is 3.37. The smallest absolute Gasteiger partial charge is 0.255 e. The van der Waals surface area contributed by atoms with Crippen molar-refractivity contribution in [3.63, 3.8) is 0 Å². The highest BCUT2D eigenvalue weighted by Gasteiger charge is 2.42. The van der Waals surface area contributed by atoms with E-state index < -0.39 is 5.60 Å². The molecule has 2 rings (SSSR count). The lowest BCUT2D eigenvalue weighted by Crippen LogP contribution is -2.63. The van der Waals surface area contributed by atoms with Gasteiger partial charge in [0.05, 0.1) is 24.3 Å². The van der Waals surface area contributed by atoms with Gasteiger partial charge in [0, 0.05) is 20.3 Å². The Labute approximate surface area is 107 Å². The maximum Gasteiger partial charge on any atom is 0.255 e. The molecule has 0 bridgehead atoms. The molecule has 0 aromatic carbocycles. The Morgan fingerprint density at radius 3 is 2.61 bits per heavy atom. The van der Waals surface area contributed by atoms with E-state index in [1.165, 1.54) is 0 Å². The monoisotopic (exact) mass is 249 g/mol. The van der Waals surface area contributed by atoms with E-state index >= 15 is 0 Å². The summed E-state index contributed by atoms with van der Waals surface area (Å²) < 4.78 is 0. The molecule has 0 saturated carbocycles. The number of carbonyl (C=O) groups excluding carboxylic acids is 1. The maximum absolute atomic E-state index is 12.1. The molecule has 5 heteroatoms. The van der Waals surface area contributed by atoms with Crippen molar-refractivity contribution in [3.8, 4) is 0 Å². The number of aliphatic hydroxyl groups is 1. The van der Waals surface area contributed by atoms with E-state index in [9.17, 15) is 9.90 Å². The average molecular weight is 249 g/mol. The van der Waals surface area contributed by atoms with Crippen molar-refractivity contribution in [1.82, 2.24) is 9.88 Å². The number of hydrogen-bond donors (Lipinski definition) is 1. The zero-order valence-electron chi connectivity index (χ0n) is 11.1. The first kappa shape index (κ1) is 12.8. The SMILES string of the molecule is CCC1(O)CN(C(=O)c2ccc(N(C)C)nc2)C1. The van der Waals surface area contributed by atoms with E-state index in [2.05, 4.69) is 4.98 Å². The maximum atomic E-state index is 12.1. The Morgan fingerprint density at radius 1 is 1.50 bits per heavy atom. The molecule has 18 heavy (non-hydrogen) atoms. The van der Waals surface area contributed by atoms with Crippen LogP contribution in [0.2, 0.25) is 0 Å². The van der Waals surface area contributed by atoms with Gasteiger partial charge in [-0.15, -0.1) is 0 Å². The fraction of sp³-hybridized carbons (Fsp3) is 0.538. The molecule has 2 heterocycles. The number of carbonyl (C=O) groups is 1. The van der Waals surface area contributed by atoms with Crippen molar-refractivity contribution in [3.05, 3.63) is 23.9 Å². The van der Waals surface area contributed by atoms with Gasteiger partial charge in [-0.2, -0.15) is 0 Å². The minimum atomic E-state index is -0.688. The van der Waals surface area contributed by atoms with E-state index in [0.717, 1.165) is 5.82 Å². The molecule has 0 atom stereocenters. The number of amides is 1. The van der Waals surface area contributed by atoms with Crippen LogP contribution in [-0.4, -0.2) is 53.7 Å². The Balaban J connectivity index is 2.02. The number of β-amino-alcohol motifs (C(OH)–C–C–N with tert-alkyl or cyclic N) is 1. The van der Waals surface area contributed by atoms with Crippen molar-refractivity contribution in [2.24, 2.45) is 0 Å². The molecule has 1 aromatic rings. The summed E-state index contributed by atoms with van der Waals surface area (Å²) in [6.07, 6.45) is 2.26. The minimum absolute atomic E-state index is 0.0640. The summed E-state index contributed by atoms with van der Waals surface area (Å²) in [6.45, 7) is 2.75. The van der Waals surface area contributed by atoms with Crippen LogP contribution in [0.25, 0.3) is 0 Å². The van der Waals surface area contributed by atoms with Crippen molar-refractivity contribution < 1.29 is 9.90 Å². The predicted molar refractivity (Wildman–Crippen MR) is 69.7 cm³/mol. The van der Waals surface area contributed by atoms with Crippen molar-refractivity contribution in [1.29, 1.82) is 0 Å². The van der Waals surface area contributed by atoms with Crippen LogP contribution in [0.4, 0.5) is 5.82 Å². The first-order chi connectivity index (χ1) is 8.45. The molecule has 1 saturated heterocycles. The molecule has 0 spiro atoms. The highest BCUT2D eigenvalue weighted by Crippen LogP contribution is 2.25. The van der Waals surface area contributed by atoms with E-state index in [-0.39, 0.29) is 5.91 Å². The zero-order valence-corrected chi connectivity index (χ0v) is 11.1. The van der Waals surface area contributed by atoms with Crippen LogP contribution in [0, 0.1) is 0 Å². The zero-order chi connectivity index (χ0) is 13.3. The first-order valence-electron chi connectivity index (χ1n) is 6.10. The van der Waals surface area contributed by atoms with Gasteiger partial charge in [0.15, 0.2) is 0 Å². The standard InChI is InChI=1S/C13H19N3O2/c1-4-13(18)8-16(9-13)12(17)10-5-6-11(14-7-10)15(2)3/h5-7,18H,4,8-9H2,1-3H3. The summed E-state index contributed by atoms with van der Waals surface area (Å²) in [4.78, 5) is 19.8. The lowest BCUT2D eigenvalue weighted by molar-refractivity contribution is -0.0826. The third-order valence-corrected chi connectivity index (χ3v) is 3.37. The van der Waals surface area contributed by atoms with E-state index in [1.54, 1.807) is 17.2 Å². The fourth-order valence-corrected chi connectivity index (χ4v) is 1.99. The Hall–Kier alpha value is -1.62. The van der Waals surface area contributed by atoms with Crippen LogP contribution in [0.15, 0.2) is 18.3 Å². The van der Waals surface area contributed by atoms with E-state index in [4.69, 9.17) is 0 Å². The van der Waals surface area contributed by atoms with Gasteiger partial charge in [0.2, 0.25) is 0 Å². The number of aromatic nitrogens is 1. The van der Waals surface area contributed by atoms with Gasteiger partial charge in [-0.05, 0) is 18.6 Å². The largest absolute Gasteiger partial charge is 0.386 e. The third kappa shape index (κ3) is 2.31. The summed E-state index contributed by atoms with van der Waals surface area (Å²) in [5.41, 5.74) is -0.120. The molecule has 1 aromatic heterocycles. The Kier molecular flexibility index (Phi) is 3.26. The second kappa shape index (κ2) is 4.57. The van der Waals surface area contributed by atoms with Gasteiger partial charge in [-0.25, -0.2) is 4.98 Å². The Morgan fingerprint density at radius 2 is 2.17 bits per heavy atom. The lowest BCUT2D eigenvalue weighted by Gasteiger charge is -2.46. The summed E-state index contributed by atoms with van der Waals surface area (Å²) in [6, 6.07) is 3.59. The summed E-state index contributed by atoms with van der Waals surface area (Å²) in [5.74, 6) is 0.756. The van der Waals surface area contributed by atoms with Crippen LogP contribution < -0.4 is 4.90 Å². The second-order valence-electron chi connectivity index (χ2n) is 5.04. The lowest BCUT2D eigenvalue weighted by atomic mass is 9.91. The van der Waals surface area contributed by atoms with Crippen molar-refractivity contribution in [2.75, 3.05) is 32.1 Å². The fourth-order valence-electron chi connectivity index (χ4n) is 1.99. The predicted octanol–water partition coefficient (Wildman–Crippen LogP) is 0.745. The number of anilines is 1. The molecule has 1 aliphatic rings. The Bertz CT molecular complexity index is 436. The summed E-state index contributed by atoms with van der Waals surface area (Å²) >= 11 is 0. The van der Waals surface area contributed by atoms with Crippen LogP contribution >= 0.6 is 0 Å². The van der Waals surface area contributed by atoms with Crippen LogP contribution in [-0.2, 0) is 0 Å². The molecular formula is C13H19N3O2. The number of rotatable bonds is 3. The van der Waals surface area contributed by atoms with Crippen molar-refractivity contribution in [2.45, 2.75) is 18.9 Å². The normalized spacial score (nSPS) is 17.2. The molecule has 0 unspecified atom stereocenters. The number of hydrogen-bond acceptors (Lipinski definition) is 4. The van der Waals surface area contributed by atoms with E-state index in [0.29, 0.717) is 25.1 Å². The van der Waals surface area contributed by atoms with Gasteiger partial charge in [0.25, 0.3) is 5.91 Å². The van der Waals surface area contributed by atoms with Crippen LogP contribution in [0.5, 0.6) is 0 Å². The highest BCUT2D eigenvalue weighted by molar-refractivity contribution is 5.94. The topological polar surface area (TPSA) is 56.7 Å². The van der Waals surface area contributed by atoms with Gasteiger partial charge in [-0.1, -0.05) is 6.92 Å². The quantitative estimate of drug-likeness (QED) is 0.858. The van der Waals surface area contributed by atoms with Gasteiger partial charge in [-0.3, -0.25) is 4.79 Å². The summed E-state index contributed by atoms with van der Waals surface area (Å²) in [5, 5.41) is 9.89. The molecule has 0 radical (unpaired) electrons. The van der Waals surface area contributed by atoms with E-state index in [1.807, 2.05) is 32.0 Å². The molecule has 98 valence electrons. The molecule has 1 aliphatic heterocycles. The summed E-state index contributed by atoms with van der Waals surface area (Å²) in [7, 11) is 3.81. The first-order valence-corrected chi connectivity index (χ1v) is 6.10. The molecule has 0 aliphatic carbocycles. The van der Waals surface area contributed by atoms with Crippen molar-refractivity contribution >= 4 is 11.7 Å². The van der Waals surface area contributed by atoms with Crippen LogP contribution in [0.1, 0.15) is 23.7 Å². The molecule has 5 nitrogen and oxygen atoms in total. The van der Waals surface area contributed by atoms with Crippen LogP contribution in [0.3, 0.4) is 0 Å². The second-order valence-corrected chi connectivity index (χ2v) is 5.04. The number of pyridine rings is 1.